The third kappa shape index (κ3) is 5.16. The highest BCUT2D eigenvalue weighted by Crippen LogP contribution is 2.28. The van der Waals surface area contributed by atoms with Gasteiger partial charge in [-0.2, -0.15) is 0 Å². The van der Waals surface area contributed by atoms with Crippen molar-refractivity contribution < 1.29 is 0 Å². The Labute approximate surface area is 163 Å². The standard InChI is InChI=1S/C26H23P/c1-4-10-21(11-5-1)16-24-19-25(17-22-12-6-2-7-13-22)27-26(20-24)18-23-14-8-3-9-15-23/h1-15,19-20H,16-18H2. The Morgan fingerprint density at radius 3 is 1.19 bits per heavy atom. The van der Waals surface area contributed by atoms with E-state index >= 15 is 0 Å². The van der Waals surface area contributed by atoms with E-state index in [1.165, 1.54) is 41.0 Å². The van der Waals surface area contributed by atoms with Crippen LogP contribution in [0.15, 0.2) is 103 Å². The molecule has 0 amide bonds. The van der Waals surface area contributed by atoms with Crippen molar-refractivity contribution in [3.63, 3.8) is 0 Å². The van der Waals surface area contributed by atoms with Crippen molar-refractivity contribution in [2.24, 2.45) is 0 Å². The molecule has 1 heterocycles. The first-order valence-electron chi connectivity index (χ1n) is 9.46. The molecule has 0 radical (unpaired) electrons. The monoisotopic (exact) mass is 366 g/mol. The number of hydrogen-bond donors (Lipinski definition) is 0. The predicted octanol–water partition coefficient (Wildman–Crippen LogP) is 7.04. The van der Waals surface area contributed by atoms with Gasteiger partial charge in [-0.1, -0.05) is 111 Å². The van der Waals surface area contributed by atoms with Crippen LogP contribution in [-0.4, -0.2) is 0 Å². The average Bonchev–Trinajstić information content (AvgIpc) is 2.70. The number of hydrogen-bond acceptors (Lipinski definition) is 0. The van der Waals surface area contributed by atoms with Crippen LogP contribution in [0.25, 0.3) is 0 Å². The number of rotatable bonds is 6. The molecule has 0 saturated heterocycles. The van der Waals surface area contributed by atoms with E-state index in [4.69, 9.17) is 0 Å². The predicted molar refractivity (Wildman–Crippen MR) is 117 cm³/mol. The van der Waals surface area contributed by atoms with E-state index in [1.807, 2.05) is 0 Å². The lowest BCUT2D eigenvalue weighted by molar-refractivity contribution is 1.14. The quantitative estimate of drug-likeness (QED) is 0.343. The van der Waals surface area contributed by atoms with E-state index in [2.05, 4.69) is 103 Å². The van der Waals surface area contributed by atoms with Crippen molar-refractivity contribution >= 4 is 8.19 Å². The SMILES string of the molecule is c1ccc(Cc2cc(Cc3ccccc3)pc(Cc3ccccc3)c2)cc1. The summed E-state index contributed by atoms with van der Waals surface area (Å²) in [5.41, 5.74) is 5.56. The minimum atomic E-state index is 0.993. The van der Waals surface area contributed by atoms with Crippen molar-refractivity contribution in [3.8, 4) is 0 Å². The largest absolute Gasteiger partial charge is 0.0687 e. The maximum absolute atomic E-state index is 2.41. The van der Waals surface area contributed by atoms with E-state index in [-0.39, 0.29) is 0 Å². The molecule has 0 aliphatic heterocycles. The molecule has 0 spiro atoms. The molecule has 27 heavy (non-hydrogen) atoms. The summed E-state index contributed by atoms with van der Waals surface area (Å²) in [6.45, 7) is 0. The Balaban J connectivity index is 1.64. The molecule has 4 rings (SSSR count). The maximum Gasteiger partial charge on any atom is 0.00181 e. The Kier molecular flexibility index (Phi) is 5.77. The van der Waals surface area contributed by atoms with Crippen LogP contribution in [0.4, 0.5) is 0 Å². The second kappa shape index (κ2) is 8.80. The van der Waals surface area contributed by atoms with Gasteiger partial charge in [0.05, 0.1) is 0 Å². The molecule has 0 aliphatic carbocycles. The lowest BCUT2D eigenvalue weighted by Crippen LogP contribution is -1.94. The van der Waals surface area contributed by atoms with Gasteiger partial charge in [0.25, 0.3) is 0 Å². The van der Waals surface area contributed by atoms with Crippen molar-refractivity contribution in [1.29, 1.82) is 0 Å². The van der Waals surface area contributed by atoms with Crippen molar-refractivity contribution in [1.82, 2.24) is 0 Å². The molecule has 0 aliphatic rings. The van der Waals surface area contributed by atoms with Gasteiger partial charge in [0, 0.05) is 12.8 Å². The van der Waals surface area contributed by atoms with Gasteiger partial charge < -0.3 is 0 Å². The topological polar surface area (TPSA) is 0 Å². The van der Waals surface area contributed by atoms with E-state index in [0.29, 0.717) is 0 Å². The third-order valence-corrected chi connectivity index (χ3v) is 5.85. The molecule has 1 heteroatoms. The summed E-state index contributed by atoms with van der Waals surface area (Å²) < 4.78 is 0. The van der Waals surface area contributed by atoms with Crippen molar-refractivity contribution in [3.05, 3.63) is 136 Å². The van der Waals surface area contributed by atoms with E-state index in [1.54, 1.807) is 0 Å². The fourth-order valence-corrected chi connectivity index (χ4v) is 4.80. The molecule has 0 atom stereocenters. The molecule has 0 nitrogen and oxygen atoms in total. The summed E-state index contributed by atoms with van der Waals surface area (Å²) in [7, 11) is 1.36. The molecular weight excluding hydrogens is 343 g/mol. The molecule has 0 bridgehead atoms. The van der Waals surface area contributed by atoms with Crippen LogP contribution in [-0.2, 0) is 19.3 Å². The summed E-state index contributed by atoms with van der Waals surface area (Å²) in [6, 6.07) is 37.2. The summed E-state index contributed by atoms with van der Waals surface area (Å²) in [6.07, 6.45) is 3.03. The Hall–Kier alpha value is -2.69. The van der Waals surface area contributed by atoms with Crippen molar-refractivity contribution in [2.75, 3.05) is 0 Å². The zero-order valence-corrected chi connectivity index (χ0v) is 16.3. The summed E-state index contributed by atoms with van der Waals surface area (Å²) in [4.78, 5) is 0. The van der Waals surface area contributed by atoms with Crippen LogP contribution >= 0.6 is 8.19 Å². The van der Waals surface area contributed by atoms with Gasteiger partial charge in [-0.05, 0) is 39.3 Å². The smallest absolute Gasteiger partial charge is 0.00181 e. The first-order chi connectivity index (χ1) is 13.3. The molecule has 0 fully saturated rings. The molecule has 3 aromatic carbocycles. The first kappa shape index (κ1) is 17.7. The Morgan fingerprint density at radius 2 is 0.778 bits per heavy atom. The second-order valence-electron chi connectivity index (χ2n) is 6.95. The van der Waals surface area contributed by atoms with E-state index in [0.717, 1.165) is 19.3 Å². The average molecular weight is 366 g/mol. The van der Waals surface area contributed by atoms with Gasteiger partial charge >= 0.3 is 0 Å². The normalized spacial score (nSPS) is 10.7. The minimum Gasteiger partial charge on any atom is -0.0687 e. The molecule has 132 valence electrons. The van der Waals surface area contributed by atoms with Gasteiger partial charge in [-0.3, -0.25) is 0 Å². The highest BCUT2D eigenvalue weighted by Gasteiger charge is 2.06. The molecule has 4 aromatic rings. The van der Waals surface area contributed by atoms with Crippen LogP contribution in [0.3, 0.4) is 0 Å². The zero-order valence-electron chi connectivity index (χ0n) is 15.4. The summed E-state index contributed by atoms with van der Waals surface area (Å²) in [5.74, 6) is 0. The summed E-state index contributed by atoms with van der Waals surface area (Å²) in [5, 5.41) is 2.97. The lowest BCUT2D eigenvalue weighted by Gasteiger charge is -2.10. The van der Waals surface area contributed by atoms with Crippen LogP contribution in [0.1, 0.15) is 32.8 Å². The highest BCUT2D eigenvalue weighted by atomic mass is 31.0. The van der Waals surface area contributed by atoms with Gasteiger partial charge in [-0.25, -0.2) is 0 Å². The second-order valence-corrected chi connectivity index (χ2v) is 8.32. The van der Waals surface area contributed by atoms with Crippen LogP contribution in [0.2, 0.25) is 0 Å². The Bertz CT molecular complexity index is 832. The lowest BCUT2D eigenvalue weighted by atomic mass is 10.0. The molecule has 0 saturated carbocycles. The van der Waals surface area contributed by atoms with Gasteiger partial charge in [-0.15, -0.1) is 0 Å². The van der Waals surface area contributed by atoms with Crippen LogP contribution < -0.4 is 0 Å². The van der Waals surface area contributed by atoms with Crippen LogP contribution in [0.5, 0.6) is 0 Å². The number of benzene rings is 3. The van der Waals surface area contributed by atoms with Gasteiger partial charge in [0.2, 0.25) is 0 Å². The van der Waals surface area contributed by atoms with Crippen LogP contribution in [0, 0.1) is 0 Å². The minimum absolute atomic E-state index is 0.993. The van der Waals surface area contributed by atoms with E-state index in [9.17, 15) is 0 Å². The Morgan fingerprint density at radius 1 is 0.407 bits per heavy atom. The van der Waals surface area contributed by atoms with Crippen molar-refractivity contribution in [2.45, 2.75) is 19.3 Å². The molecule has 0 unspecified atom stereocenters. The van der Waals surface area contributed by atoms with E-state index < -0.39 is 0 Å². The molecular formula is C26H23P. The zero-order chi connectivity index (χ0) is 18.3. The molecule has 0 N–H and O–H groups in total. The summed E-state index contributed by atoms with van der Waals surface area (Å²) >= 11 is 0. The third-order valence-electron chi connectivity index (χ3n) is 4.70. The fraction of sp³-hybridized carbons (Fsp3) is 0.115. The van der Waals surface area contributed by atoms with Gasteiger partial charge in [0.15, 0.2) is 0 Å². The first-order valence-corrected chi connectivity index (χ1v) is 10.3. The highest BCUT2D eigenvalue weighted by molar-refractivity contribution is 7.31. The maximum atomic E-state index is 2.41. The van der Waals surface area contributed by atoms with Gasteiger partial charge in [0.1, 0.15) is 0 Å². The fourth-order valence-electron chi connectivity index (χ4n) is 3.44. The molecule has 1 aromatic heterocycles.